The van der Waals surface area contributed by atoms with E-state index in [0.29, 0.717) is 0 Å². The Balaban J connectivity index is 0.00000108. The lowest BCUT2D eigenvalue weighted by Crippen LogP contribution is -3.00. The third-order valence-corrected chi connectivity index (χ3v) is 3.23. The number of aromatic nitrogens is 1. The summed E-state index contributed by atoms with van der Waals surface area (Å²) in [5.74, 6) is 0. The highest BCUT2D eigenvalue weighted by Gasteiger charge is 2.25. The van der Waals surface area contributed by atoms with E-state index in [2.05, 4.69) is 66.2 Å². The van der Waals surface area contributed by atoms with Gasteiger partial charge in [-0.3, -0.25) is 0 Å². The van der Waals surface area contributed by atoms with Gasteiger partial charge in [0.15, 0.2) is 12.7 Å². The summed E-state index contributed by atoms with van der Waals surface area (Å²) in [6.07, 6.45) is 2.15. The highest BCUT2D eigenvalue weighted by atomic mass is 79.9. The van der Waals surface area contributed by atoms with Crippen LogP contribution in [0.3, 0.4) is 0 Å². The second-order valence-electron chi connectivity index (χ2n) is 4.18. The maximum atomic E-state index is 2.30. The van der Waals surface area contributed by atoms with Gasteiger partial charge in [0, 0.05) is 23.3 Å². The molecule has 2 heteroatoms. The summed E-state index contributed by atoms with van der Waals surface area (Å²) in [4.78, 5) is 0. The molecule has 0 atom stereocenters. The van der Waals surface area contributed by atoms with Crippen molar-refractivity contribution in [3.8, 4) is 0 Å². The van der Waals surface area contributed by atoms with Gasteiger partial charge in [-0.25, -0.2) is 0 Å². The lowest BCUT2D eigenvalue weighted by molar-refractivity contribution is -0.682. The van der Waals surface area contributed by atoms with Crippen molar-refractivity contribution < 1.29 is 21.5 Å². The number of hydrogen-bond acceptors (Lipinski definition) is 0. The summed E-state index contributed by atoms with van der Waals surface area (Å²) in [6, 6.07) is 17.0. The van der Waals surface area contributed by atoms with Gasteiger partial charge in [0.2, 0.25) is 5.69 Å². The van der Waals surface area contributed by atoms with Gasteiger partial charge >= 0.3 is 0 Å². The lowest BCUT2D eigenvalue weighted by atomic mass is 10.0. The Bertz CT molecular complexity index is 558. The Morgan fingerprint density at radius 3 is 2.35 bits per heavy atom. The van der Waals surface area contributed by atoms with Crippen LogP contribution in [0.1, 0.15) is 18.2 Å². The Morgan fingerprint density at radius 1 is 0.941 bits per heavy atom. The molecule has 1 aromatic heterocycles. The van der Waals surface area contributed by atoms with Crippen molar-refractivity contribution in [3.63, 3.8) is 0 Å². The minimum absolute atomic E-state index is 0. The quantitative estimate of drug-likeness (QED) is 0.647. The molecule has 2 heterocycles. The van der Waals surface area contributed by atoms with E-state index in [1.165, 1.54) is 22.4 Å². The summed E-state index contributed by atoms with van der Waals surface area (Å²) >= 11 is 0. The summed E-state index contributed by atoms with van der Waals surface area (Å²) in [6.45, 7) is 3.20. The molecule has 0 aliphatic carbocycles. The minimum Gasteiger partial charge on any atom is -1.00 e. The molecule has 0 N–H and O–H groups in total. The summed E-state index contributed by atoms with van der Waals surface area (Å²) in [7, 11) is 0. The monoisotopic (exact) mass is 287 g/mol. The van der Waals surface area contributed by atoms with Crippen LogP contribution in [0.5, 0.6) is 0 Å². The Morgan fingerprint density at radius 2 is 1.65 bits per heavy atom. The van der Waals surface area contributed by atoms with E-state index in [1.54, 1.807) is 0 Å². The number of rotatable bonds is 1. The van der Waals surface area contributed by atoms with Crippen LogP contribution in [0.15, 0.2) is 54.7 Å². The predicted octanol–water partition coefficient (Wildman–Crippen LogP) is -0.0776. The minimum atomic E-state index is 0. The van der Waals surface area contributed by atoms with Crippen LogP contribution < -0.4 is 21.5 Å². The number of fused-ring (bicyclic) bond motifs is 1. The molecule has 0 bridgehead atoms. The topological polar surface area (TPSA) is 3.88 Å². The molecule has 0 radical (unpaired) electrons. The van der Waals surface area contributed by atoms with E-state index in [4.69, 9.17) is 0 Å². The van der Waals surface area contributed by atoms with Crippen molar-refractivity contribution in [1.29, 1.82) is 0 Å². The Kier molecular flexibility index (Phi) is 3.43. The Labute approximate surface area is 112 Å². The van der Waals surface area contributed by atoms with Crippen LogP contribution in [-0.4, -0.2) is 0 Å². The first-order chi connectivity index (χ1) is 7.86. The van der Waals surface area contributed by atoms with Gasteiger partial charge in [0.05, 0.1) is 0 Å². The standard InChI is InChI=1S/C15H14N.BrH/c1-12-14(13-7-3-2-4-8-13)11-16-10-6-5-9-15(12)16;/h2-10H,11H2,1H3;1H/q+1;/p-1. The van der Waals surface area contributed by atoms with E-state index in [0.717, 1.165) is 6.54 Å². The van der Waals surface area contributed by atoms with Gasteiger partial charge in [-0.2, -0.15) is 4.57 Å². The van der Waals surface area contributed by atoms with Crippen molar-refractivity contribution in [3.05, 3.63) is 66.0 Å². The van der Waals surface area contributed by atoms with Gasteiger partial charge in [-0.05, 0) is 18.6 Å². The van der Waals surface area contributed by atoms with Crippen LogP contribution in [-0.2, 0) is 6.54 Å². The second-order valence-corrected chi connectivity index (χ2v) is 4.18. The largest absolute Gasteiger partial charge is 1.00 e. The number of allylic oxidation sites excluding steroid dienone is 2. The average Bonchev–Trinajstić information content (AvgIpc) is 2.69. The van der Waals surface area contributed by atoms with Gasteiger partial charge in [-0.15, -0.1) is 0 Å². The summed E-state index contributed by atoms with van der Waals surface area (Å²) in [5, 5.41) is 0. The van der Waals surface area contributed by atoms with Crippen LogP contribution in [0.2, 0.25) is 0 Å². The molecule has 2 aromatic rings. The highest BCUT2D eigenvalue weighted by Crippen LogP contribution is 2.28. The van der Waals surface area contributed by atoms with E-state index in [1.807, 2.05) is 0 Å². The normalized spacial score (nSPS) is 13.2. The molecule has 1 aliphatic heterocycles. The third-order valence-electron chi connectivity index (χ3n) is 3.23. The lowest BCUT2D eigenvalue weighted by Gasteiger charge is -1.98. The SMILES string of the molecule is CC1=C(c2ccccc2)C[n+]2ccccc21.[Br-]. The molecular formula is C15H14BrN. The molecule has 1 nitrogen and oxygen atoms in total. The van der Waals surface area contributed by atoms with Crippen molar-refractivity contribution in [2.45, 2.75) is 13.5 Å². The molecule has 0 saturated heterocycles. The van der Waals surface area contributed by atoms with Gasteiger partial charge in [0.1, 0.15) is 0 Å². The fraction of sp³-hybridized carbons (Fsp3) is 0.133. The van der Waals surface area contributed by atoms with Crippen LogP contribution >= 0.6 is 0 Å². The molecule has 1 aliphatic rings. The predicted molar refractivity (Wildman–Crippen MR) is 65.6 cm³/mol. The average molecular weight is 288 g/mol. The van der Waals surface area contributed by atoms with Crippen LogP contribution in [0.4, 0.5) is 0 Å². The highest BCUT2D eigenvalue weighted by molar-refractivity contribution is 5.89. The van der Waals surface area contributed by atoms with Crippen molar-refractivity contribution in [2.24, 2.45) is 0 Å². The third kappa shape index (κ3) is 2.05. The molecule has 0 saturated carbocycles. The zero-order valence-corrected chi connectivity index (χ0v) is 11.3. The molecule has 0 fully saturated rings. The van der Waals surface area contributed by atoms with Crippen LogP contribution in [0.25, 0.3) is 11.1 Å². The molecule has 3 rings (SSSR count). The smallest absolute Gasteiger partial charge is 0.208 e. The van der Waals surface area contributed by atoms with Crippen molar-refractivity contribution in [2.75, 3.05) is 0 Å². The number of hydrogen-bond donors (Lipinski definition) is 0. The molecule has 86 valence electrons. The summed E-state index contributed by atoms with van der Waals surface area (Å²) < 4.78 is 2.30. The summed E-state index contributed by atoms with van der Waals surface area (Å²) in [5.41, 5.74) is 5.50. The van der Waals surface area contributed by atoms with Crippen molar-refractivity contribution >= 4 is 11.1 Å². The fourth-order valence-corrected chi connectivity index (χ4v) is 2.35. The first kappa shape index (κ1) is 12.1. The van der Waals surface area contributed by atoms with E-state index in [9.17, 15) is 0 Å². The van der Waals surface area contributed by atoms with E-state index >= 15 is 0 Å². The number of nitrogens with zero attached hydrogens (tertiary/aromatic N) is 1. The second kappa shape index (κ2) is 4.84. The zero-order valence-electron chi connectivity index (χ0n) is 9.73. The zero-order chi connectivity index (χ0) is 11.0. The molecule has 0 amide bonds. The van der Waals surface area contributed by atoms with Crippen LogP contribution in [0, 0.1) is 0 Å². The maximum Gasteiger partial charge on any atom is 0.208 e. The van der Waals surface area contributed by atoms with E-state index < -0.39 is 0 Å². The maximum absolute atomic E-state index is 2.30. The first-order valence-electron chi connectivity index (χ1n) is 5.60. The molecular weight excluding hydrogens is 274 g/mol. The molecule has 1 aromatic carbocycles. The Hall–Kier alpha value is -1.41. The fourth-order valence-electron chi connectivity index (χ4n) is 2.35. The first-order valence-corrected chi connectivity index (χ1v) is 5.60. The number of pyridine rings is 1. The van der Waals surface area contributed by atoms with Gasteiger partial charge in [0.25, 0.3) is 0 Å². The van der Waals surface area contributed by atoms with E-state index in [-0.39, 0.29) is 17.0 Å². The van der Waals surface area contributed by atoms with Gasteiger partial charge in [-0.1, -0.05) is 30.3 Å². The number of halogens is 1. The molecule has 0 unspecified atom stereocenters. The number of benzene rings is 1. The van der Waals surface area contributed by atoms with Gasteiger partial charge < -0.3 is 17.0 Å². The van der Waals surface area contributed by atoms with Crippen molar-refractivity contribution in [1.82, 2.24) is 0 Å². The molecule has 17 heavy (non-hydrogen) atoms. The molecule has 0 spiro atoms.